The van der Waals surface area contributed by atoms with Gasteiger partial charge in [-0.25, -0.2) is 0 Å². The third-order valence-electron chi connectivity index (χ3n) is 7.50. The molecule has 0 amide bonds. The van der Waals surface area contributed by atoms with E-state index in [4.69, 9.17) is 0 Å². The van der Waals surface area contributed by atoms with E-state index in [9.17, 15) is 0 Å². The Morgan fingerprint density at radius 1 is 0.862 bits per heavy atom. The zero-order chi connectivity index (χ0) is 20.5. The molecule has 150 valence electrons. The molecule has 0 radical (unpaired) electrons. The first-order valence-electron chi connectivity index (χ1n) is 10.8. The second-order valence-corrected chi connectivity index (χ2v) is 16.2. The fourth-order valence-electron chi connectivity index (χ4n) is 6.49. The van der Waals surface area contributed by atoms with Gasteiger partial charge in [0.1, 0.15) is 0 Å². The summed E-state index contributed by atoms with van der Waals surface area (Å²) >= 11 is 7.82. The lowest BCUT2D eigenvalue weighted by atomic mass is 9.88. The van der Waals surface area contributed by atoms with Crippen LogP contribution in [-0.4, -0.2) is 8.07 Å². The van der Waals surface area contributed by atoms with E-state index in [2.05, 4.69) is 95.2 Å². The van der Waals surface area contributed by atoms with Crippen LogP contribution >= 0.6 is 31.9 Å². The van der Waals surface area contributed by atoms with Crippen molar-refractivity contribution in [2.75, 3.05) is 0 Å². The van der Waals surface area contributed by atoms with Crippen molar-refractivity contribution < 1.29 is 0 Å². The van der Waals surface area contributed by atoms with E-state index in [1.807, 2.05) is 0 Å². The summed E-state index contributed by atoms with van der Waals surface area (Å²) in [5.41, 5.74) is 13.5. The first-order valence-corrected chi connectivity index (χ1v) is 15.5. The number of hydrogen-bond donors (Lipinski definition) is 0. The van der Waals surface area contributed by atoms with Crippen LogP contribution in [0.5, 0.6) is 0 Å². The lowest BCUT2D eigenvalue weighted by molar-refractivity contribution is 0.681. The monoisotopic (exact) mass is 526 g/mol. The summed E-state index contributed by atoms with van der Waals surface area (Å²) in [6.45, 7) is 9.97. The minimum absolute atomic E-state index is 0.573. The minimum atomic E-state index is -1.74. The van der Waals surface area contributed by atoms with Crippen LogP contribution in [0.25, 0.3) is 12.2 Å². The van der Waals surface area contributed by atoms with E-state index in [-0.39, 0.29) is 0 Å². The van der Waals surface area contributed by atoms with E-state index in [1.54, 1.807) is 27.8 Å². The van der Waals surface area contributed by atoms with E-state index < -0.39 is 8.07 Å². The fourth-order valence-corrected chi connectivity index (χ4v) is 12.7. The Hall–Kier alpha value is -0.903. The van der Waals surface area contributed by atoms with E-state index >= 15 is 0 Å². The molecule has 0 aliphatic heterocycles. The molecule has 0 N–H and O–H groups in total. The van der Waals surface area contributed by atoms with Crippen molar-refractivity contribution in [3.63, 3.8) is 0 Å². The Labute approximate surface area is 192 Å². The molecule has 2 unspecified atom stereocenters. The number of fused-ring (bicyclic) bond motifs is 3. The van der Waals surface area contributed by atoms with E-state index in [0.29, 0.717) is 11.1 Å². The number of rotatable bonds is 2. The van der Waals surface area contributed by atoms with Gasteiger partial charge in [0.05, 0.1) is 8.07 Å². The highest BCUT2D eigenvalue weighted by molar-refractivity contribution is 9.10. The van der Waals surface area contributed by atoms with Crippen LogP contribution in [0.1, 0.15) is 71.2 Å². The van der Waals surface area contributed by atoms with Gasteiger partial charge in [0.15, 0.2) is 0 Å². The first-order chi connectivity index (χ1) is 13.8. The summed E-state index contributed by atoms with van der Waals surface area (Å²) in [7, 11) is -1.74. The summed E-state index contributed by atoms with van der Waals surface area (Å²) in [6, 6.07) is 9.35. The molecule has 0 bridgehead atoms. The Kier molecular flexibility index (Phi) is 4.88. The molecule has 0 heterocycles. The molecule has 0 saturated heterocycles. The van der Waals surface area contributed by atoms with Gasteiger partial charge >= 0.3 is 0 Å². The Bertz CT molecular complexity index is 1090. The van der Waals surface area contributed by atoms with Gasteiger partial charge in [-0.05, 0) is 94.9 Å². The fraction of sp³-hybridized carbons (Fsp3) is 0.385. The highest BCUT2D eigenvalue weighted by atomic mass is 79.9. The van der Waals surface area contributed by atoms with Gasteiger partial charge in [0.2, 0.25) is 0 Å². The quantitative estimate of drug-likeness (QED) is 0.343. The summed E-state index contributed by atoms with van der Waals surface area (Å²) in [5, 5.41) is 0. The Morgan fingerprint density at radius 3 is 2.28 bits per heavy atom. The van der Waals surface area contributed by atoms with Crippen molar-refractivity contribution in [2.24, 2.45) is 0 Å². The van der Waals surface area contributed by atoms with Crippen molar-refractivity contribution in [1.29, 1.82) is 0 Å². The highest BCUT2D eigenvalue weighted by Gasteiger charge is 2.47. The van der Waals surface area contributed by atoms with Gasteiger partial charge in [-0.15, -0.1) is 0 Å². The molecule has 0 aromatic heterocycles. The van der Waals surface area contributed by atoms with Crippen molar-refractivity contribution >= 4 is 52.1 Å². The minimum Gasteiger partial charge on any atom is -0.0679 e. The van der Waals surface area contributed by atoms with Crippen molar-refractivity contribution in [3.05, 3.63) is 77.7 Å². The van der Waals surface area contributed by atoms with E-state index in [0.717, 1.165) is 0 Å². The topological polar surface area (TPSA) is 0 Å². The number of aryl methyl sites for hydroxylation is 1. The Morgan fingerprint density at radius 2 is 1.52 bits per heavy atom. The largest absolute Gasteiger partial charge is 0.0722 e. The molecule has 3 heteroatoms. The number of hydrogen-bond acceptors (Lipinski definition) is 0. The summed E-state index contributed by atoms with van der Waals surface area (Å²) < 4.78 is 2.62. The van der Waals surface area contributed by atoms with Crippen molar-refractivity contribution in [2.45, 2.75) is 63.7 Å². The first kappa shape index (κ1) is 20.0. The molecular weight excluding hydrogens is 500 g/mol. The molecule has 2 aromatic rings. The van der Waals surface area contributed by atoms with Gasteiger partial charge in [0.25, 0.3) is 0 Å². The molecular formula is C26H28Br2Si. The second kappa shape index (κ2) is 7.07. The third-order valence-corrected chi connectivity index (χ3v) is 13.6. The lowest BCUT2D eigenvalue weighted by Crippen LogP contribution is -2.42. The summed E-state index contributed by atoms with van der Waals surface area (Å²) in [4.78, 5) is 0. The normalized spacial score (nSPS) is 22.7. The zero-order valence-corrected chi connectivity index (χ0v) is 21.9. The number of halogens is 2. The predicted octanol–water partition coefficient (Wildman–Crippen LogP) is 8.58. The molecule has 0 nitrogen and oxygen atoms in total. The maximum atomic E-state index is 4.02. The molecule has 2 aromatic carbocycles. The molecule has 3 aliphatic rings. The average Bonchev–Trinajstić information content (AvgIpc) is 3.20. The zero-order valence-electron chi connectivity index (χ0n) is 17.7. The third kappa shape index (κ3) is 2.95. The van der Waals surface area contributed by atoms with Crippen LogP contribution in [0, 0.1) is 0 Å². The average molecular weight is 528 g/mol. The van der Waals surface area contributed by atoms with Crippen LogP contribution in [-0.2, 0) is 12.8 Å². The van der Waals surface area contributed by atoms with Crippen LogP contribution in [0.4, 0.5) is 0 Å². The molecule has 0 fully saturated rings. The van der Waals surface area contributed by atoms with Gasteiger partial charge < -0.3 is 0 Å². The molecule has 3 aliphatic carbocycles. The summed E-state index contributed by atoms with van der Waals surface area (Å²) in [5.74, 6) is 0. The van der Waals surface area contributed by atoms with Gasteiger partial charge in [-0.3, -0.25) is 0 Å². The molecule has 0 spiro atoms. The molecule has 29 heavy (non-hydrogen) atoms. The lowest BCUT2D eigenvalue weighted by Gasteiger charge is -2.39. The van der Waals surface area contributed by atoms with Crippen LogP contribution < -0.4 is 0 Å². The maximum Gasteiger partial charge on any atom is 0.0722 e. The van der Waals surface area contributed by atoms with Crippen LogP contribution in [0.15, 0.2) is 44.4 Å². The van der Waals surface area contributed by atoms with Gasteiger partial charge in [-0.2, -0.15) is 0 Å². The van der Waals surface area contributed by atoms with Gasteiger partial charge in [0, 0.05) is 20.0 Å². The predicted molar refractivity (Wildman–Crippen MR) is 135 cm³/mol. The second-order valence-electron chi connectivity index (χ2n) is 9.75. The van der Waals surface area contributed by atoms with Crippen molar-refractivity contribution in [3.8, 4) is 0 Å². The highest BCUT2D eigenvalue weighted by Crippen LogP contribution is 2.54. The smallest absolute Gasteiger partial charge is 0.0679 e. The Balaban J connectivity index is 1.65. The standard InChI is InChI=1S/C26H28Br2Si/c1-15-12-20-19(10-7-11-23(20)27)25(15)29(3,4)26-16(2)13-21-22(26)14-17-8-5-6-9-18(17)24(21)28/h7,10-14,25-26H,5-6,8-9H2,1-4H3. The molecule has 0 saturated carbocycles. The summed E-state index contributed by atoms with van der Waals surface area (Å²) in [6.07, 6.45) is 10.1. The number of benzene rings is 2. The number of allylic oxidation sites excluding steroid dienone is 2. The SMILES string of the molecule is CC1=Cc2c(Br)cccc2C1[Si](C)(C)C1C(C)=Cc2c1cc1c(c2Br)CCCC1. The maximum absolute atomic E-state index is 4.02. The van der Waals surface area contributed by atoms with E-state index in [1.165, 1.54) is 51.3 Å². The molecule has 2 atom stereocenters. The molecule has 5 rings (SSSR count). The van der Waals surface area contributed by atoms with Crippen molar-refractivity contribution in [1.82, 2.24) is 0 Å². The van der Waals surface area contributed by atoms with Crippen LogP contribution in [0.3, 0.4) is 0 Å². The van der Waals surface area contributed by atoms with Crippen LogP contribution in [0.2, 0.25) is 13.1 Å². The van der Waals surface area contributed by atoms with Gasteiger partial charge in [-0.1, -0.05) is 70.5 Å².